The molecule has 0 amide bonds. The van der Waals surface area contributed by atoms with Gasteiger partial charge in [-0.05, 0) is 114 Å². The van der Waals surface area contributed by atoms with Gasteiger partial charge in [0.15, 0.2) is 0 Å². The molecule has 0 fully saturated rings. The van der Waals surface area contributed by atoms with E-state index in [-0.39, 0.29) is 0 Å². The van der Waals surface area contributed by atoms with Gasteiger partial charge in [0.25, 0.3) is 0 Å². The van der Waals surface area contributed by atoms with E-state index in [1.807, 2.05) is 26.0 Å². The number of fused-ring (bicyclic) bond motifs is 3. The summed E-state index contributed by atoms with van der Waals surface area (Å²) in [5.41, 5.74) is 15.6. The third-order valence-corrected chi connectivity index (χ3v) is 10.9. The van der Waals surface area contributed by atoms with Crippen LogP contribution < -0.4 is 4.90 Å². The fraction of sp³-hybridized carbons (Fsp3) is 0.0909. The number of benzene rings is 8. The molecule has 0 aliphatic heterocycles. The van der Waals surface area contributed by atoms with Gasteiger partial charge >= 0.3 is 0 Å². The number of anilines is 3. The van der Waals surface area contributed by atoms with E-state index >= 15 is 0 Å². The zero-order valence-electron chi connectivity index (χ0n) is 33.2. The van der Waals surface area contributed by atoms with Crippen LogP contribution >= 0.6 is 0 Å². The molecule has 8 aromatic carbocycles. The number of rotatable bonds is 8. The summed E-state index contributed by atoms with van der Waals surface area (Å²) in [6.07, 6.45) is 4.95. The molecule has 0 spiro atoms. The summed E-state index contributed by atoms with van der Waals surface area (Å²) < 4.78 is 2.47. The van der Waals surface area contributed by atoms with Gasteiger partial charge in [-0.15, -0.1) is 0 Å². The van der Waals surface area contributed by atoms with Crippen molar-refractivity contribution in [1.82, 2.24) is 4.57 Å². The van der Waals surface area contributed by atoms with Gasteiger partial charge < -0.3 is 9.47 Å². The van der Waals surface area contributed by atoms with Gasteiger partial charge in [-0.25, -0.2) is 0 Å². The monoisotopic (exact) mass is 736 g/mol. The van der Waals surface area contributed by atoms with E-state index < -0.39 is 0 Å². The normalized spacial score (nSPS) is 11.2. The van der Waals surface area contributed by atoms with Crippen molar-refractivity contribution in [3.05, 3.63) is 218 Å². The molecule has 9 rings (SSSR count). The zero-order valence-corrected chi connectivity index (χ0v) is 33.2. The Bertz CT molecular complexity index is 2760. The van der Waals surface area contributed by atoms with E-state index in [4.69, 9.17) is 0 Å². The summed E-state index contributed by atoms with van der Waals surface area (Å²) >= 11 is 0. The van der Waals surface area contributed by atoms with Crippen molar-refractivity contribution < 1.29 is 0 Å². The fourth-order valence-electron chi connectivity index (χ4n) is 8.03. The van der Waals surface area contributed by atoms with Gasteiger partial charge in [0.1, 0.15) is 0 Å². The van der Waals surface area contributed by atoms with Gasteiger partial charge in [0.2, 0.25) is 0 Å². The SMILES string of the molecule is C/C=C\C.CCc1c(C)n(-c2ccc(-c3ccccc3)cc2)c2cc(N(c3ccc(-c4ccccc4)cc3)c3cccc(-c4ccccc4)c3)c3ccccc3c12. The van der Waals surface area contributed by atoms with Crippen LogP contribution in [0, 0.1) is 6.92 Å². The molecule has 278 valence electrons. The third kappa shape index (κ3) is 7.43. The molecule has 57 heavy (non-hydrogen) atoms. The van der Waals surface area contributed by atoms with Crippen molar-refractivity contribution in [1.29, 1.82) is 0 Å². The molecule has 9 aromatic rings. The van der Waals surface area contributed by atoms with E-state index in [2.05, 4.69) is 217 Å². The summed E-state index contributed by atoms with van der Waals surface area (Å²) in [5, 5.41) is 3.82. The highest BCUT2D eigenvalue weighted by Crippen LogP contribution is 2.45. The second-order valence-electron chi connectivity index (χ2n) is 14.3. The maximum atomic E-state index is 2.47. The quantitative estimate of drug-likeness (QED) is 0.141. The van der Waals surface area contributed by atoms with Crippen LogP contribution in [0.1, 0.15) is 32.0 Å². The molecule has 0 bridgehead atoms. The average Bonchev–Trinajstić information content (AvgIpc) is 3.58. The van der Waals surface area contributed by atoms with Gasteiger partial charge in [-0.2, -0.15) is 0 Å². The predicted octanol–water partition coefficient (Wildman–Crippen LogP) is 15.7. The number of allylic oxidation sites excluding steroid dienone is 2. The van der Waals surface area contributed by atoms with E-state index in [1.165, 1.54) is 66.3 Å². The Morgan fingerprint density at radius 3 is 1.47 bits per heavy atom. The van der Waals surface area contributed by atoms with E-state index in [1.54, 1.807) is 0 Å². The standard InChI is InChI=1S/C51H40N2.C4H8/c1-3-46-36(2)52(43-30-26-40(27-31-43)37-16-7-4-8-17-37)50-35-49(47-24-13-14-25-48(47)51(46)50)53(44-32-28-41(29-33-44)38-18-9-5-10-19-38)45-23-15-22-42(34-45)39-20-11-6-12-21-39;1-3-4-2/h4-35H,3H2,1-2H3;3-4H,1-2H3/b;4-3-. The third-order valence-electron chi connectivity index (χ3n) is 10.9. The molecule has 0 N–H and O–H groups in total. The largest absolute Gasteiger partial charge is 0.313 e. The maximum absolute atomic E-state index is 2.47. The van der Waals surface area contributed by atoms with Gasteiger partial charge in [-0.3, -0.25) is 0 Å². The minimum Gasteiger partial charge on any atom is -0.313 e. The Morgan fingerprint density at radius 1 is 0.456 bits per heavy atom. The fourth-order valence-corrected chi connectivity index (χ4v) is 8.03. The molecule has 0 unspecified atom stereocenters. The topological polar surface area (TPSA) is 8.17 Å². The van der Waals surface area contributed by atoms with Crippen molar-refractivity contribution in [2.45, 2.75) is 34.1 Å². The molecule has 2 nitrogen and oxygen atoms in total. The highest BCUT2D eigenvalue weighted by molar-refractivity contribution is 6.16. The first-order chi connectivity index (χ1) is 28.1. The highest BCUT2D eigenvalue weighted by Gasteiger charge is 2.23. The molecule has 0 aliphatic rings. The summed E-state index contributed by atoms with van der Waals surface area (Å²) in [6.45, 7) is 8.56. The van der Waals surface area contributed by atoms with E-state index in [0.717, 1.165) is 29.2 Å². The number of nitrogens with zero attached hydrogens (tertiary/aromatic N) is 2. The Hall–Kier alpha value is -6.90. The minimum absolute atomic E-state index is 0.949. The van der Waals surface area contributed by atoms with Crippen molar-refractivity contribution in [3.8, 4) is 39.1 Å². The number of aryl methyl sites for hydroxylation is 1. The Kier molecular flexibility index (Phi) is 11.0. The first kappa shape index (κ1) is 37.0. The molecule has 1 heterocycles. The van der Waals surface area contributed by atoms with Gasteiger partial charge in [0.05, 0.1) is 11.2 Å². The number of hydrogen-bond donors (Lipinski definition) is 0. The van der Waals surface area contributed by atoms with Crippen molar-refractivity contribution in [2.75, 3.05) is 4.90 Å². The first-order valence-electron chi connectivity index (χ1n) is 20.0. The summed E-state index contributed by atoms with van der Waals surface area (Å²) in [6, 6.07) is 70.3. The van der Waals surface area contributed by atoms with Crippen molar-refractivity contribution in [3.63, 3.8) is 0 Å². The van der Waals surface area contributed by atoms with Crippen molar-refractivity contribution >= 4 is 38.7 Å². The van der Waals surface area contributed by atoms with E-state index in [0.29, 0.717) is 0 Å². The Balaban J connectivity index is 0.00000109. The molecular formula is C55H48N2. The molecule has 1 aromatic heterocycles. The zero-order chi connectivity index (χ0) is 39.1. The van der Waals surface area contributed by atoms with E-state index in [9.17, 15) is 0 Å². The average molecular weight is 737 g/mol. The maximum Gasteiger partial charge on any atom is 0.0561 e. The predicted molar refractivity (Wildman–Crippen MR) is 246 cm³/mol. The van der Waals surface area contributed by atoms with Crippen LogP contribution in [0.5, 0.6) is 0 Å². The smallest absolute Gasteiger partial charge is 0.0561 e. The van der Waals surface area contributed by atoms with Crippen LogP contribution in [0.4, 0.5) is 17.1 Å². The van der Waals surface area contributed by atoms with Gasteiger partial charge in [-0.1, -0.05) is 171 Å². The van der Waals surface area contributed by atoms with Crippen LogP contribution in [0.15, 0.2) is 206 Å². The summed E-state index contributed by atoms with van der Waals surface area (Å²) in [7, 11) is 0. The van der Waals surface area contributed by atoms with Gasteiger partial charge in [0, 0.05) is 33.5 Å². The Morgan fingerprint density at radius 2 is 0.930 bits per heavy atom. The first-order valence-corrected chi connectivity index (χ1v) is 20.0. The highest BCUT2D eigenvalue weighted by atomic mass is 15.1. The van der Waals surface area contributed by atoms with Crippen LogP contribution in [-0.2, 0) is 6.42 Å². The summed E-state index contributed by atoms with van der Waals surface area (Å²) in [4.78, 5) is 2.44. The van der Waals surface area contributed by atoms with Crippen LogP contribution in [0.2, 0.25) is 0 Å². The molecule has 0 radical (unpaired) electrons. The molecule has 0 atom stereocenters. The lowest BCUT2D eigenvalue weighted by atomic mass is 9.98. The lowest BCUT2D eigenvalue weighted by Gasteiger charge is -2.28. The minimum atomic E-state index is 0.949. The Labute approximate surface area is 337 Å². The molecule has 0 aliphatic carbocycles. The second kappa shape index (κ2) is 16.9. The van der Waals surface area contributed by atoms with Crippen LogP contribution in [0.25, 0.3) is 60.7 Å². The molecule has 0 saturated carbocycles. The molecular weight excluding hydrogens is 689 g/mol. The second-order valence-corrected chi connectivity index (χ2v) is 14.3. The lowest BCUT2D eigenvalue weighted by molar-refractivity contribution is 1.01. The number of aromatic nitrogens is 1. The summed E-state index contributed by atoms with van der Waals surface area (Å²) in [5.74, 6) is 0. The molecule has 2 heteroatoms. The van der Waals surface area contributed by atoms with Crippen LogP contribution in [0.3, 0.4) is 0 Å². The number of hydrogen-bond acceptors (Lipinski definition) is 1. The van der Waals surface area contributed by atoms with Crippen molar-refractivity contribution in [2.24, 2.45) is 0 Å². The molecule has 0 saturated heterocycles. The van der Waals surface area contributed by atoms with Crippen LogP contribution in [-0.4, -0.2) is 4.57 Å². The lowest BCUT2D eigenvalue weighted by Crippen LogP contribution is -2.11.